The lowest BCUT2D eigenvalue weighted by Gasteiger charge is -2.26. The number of carbonyl (C=O) groups is 1. The second-order valence-corrected chi connectivity index (χ2v) is 5.19. The maximum absolute atomic E-state index is 12.7. The second kappa shape index (κ2) is 6.14. The molecule has 1 aliphatic carbocycles. The van der Waals surface area contributed by atoms with Gasteiger partial charge in [-0.25, -0.2) is 9.37 Å². The van der Waals surface area contributed by atoms with Crippen LogP contribution in [0.2, 0.25) is 0 Å². The predicted octanol–water partition coefficient (Wildman–Crippen LogP) is 2.75. The molecule has 1 aliphatic rings. The third kappa shape index (κ3) is 3.42. The number of hydrogen-bond donors (Lipinski definition) is 1. The molecule has 0 aromatic carbocycles. The van der Waals surface area contributed by atoms with Crippen molar-refractivity contribution in [1.29, 1.82) is 0 Å². The molecule has 18 heavy (non-hydrogen) atoms. The average Bonchev–Trinajstić information content (AvgIpc) is 2.38. The summed E-state index contributed by atoms with van der Waals surface area (Å²) < 4.78 is 12.7. The van der Waals surface area contributed by atoms with E-state index in [0.29, 0.717) is 12.5 Å². The number of nitrogens with zero attached hydrogens (tertiary/aromatic N) is 1. The van der Waals surface area contributed by atoms with Gasteiger partial charge in [0, 0.05) is 11.9 Å². The van der Waals surface area contributed by atoms with E-state index in [1.165, 1.54) is 18.6 Å². The largest absolute Gasteiger partial charge is 0.350 e. The van der Waals surface area contributed by atoms with E-state index in [9.17, 15) is 9.18 Å². The van der Waals surface area contributed by atoms with E-state index in [1.54, 1.807) is 0 Å². The minimum atomic E-state index is -0.445. The van der Waals surface area contributed by atoms with Gasteiger partial charge in [-0.05, 0) is 30.9 Å². The molecule has 3 nitrogen and oxygen atoms in total. The van der Waals surface area contributed by atoms with E-state index in [1.807, 2.05) is 0 Å². The van der Waals surface area contributed by atoms with Crippen LogP contribution >= 0.6 is 11.6 Å². The summed E-state index contributed by atoms with van der Waals surface area (Å²) in [5.74, 6) is -0.395. The van der Waals surface area contributed by atoms with E-state index in [4.69, 9.17) is 11.6 Å². The zero-order chi connectivity index (χ0) is 13.0. The Kier molecular flexibility index (Phi) is 4.53. The van der Waals surface area contributed by atoms with Crippen molar-refractivity contribution in [2.45, 2.75) is 31.1 Å². The highest BCUT2D eigenvalue weighted by atomic mass is 35.5. The molecule has 0 saturated heterocycles. The minimum Gasteiger partial charge on any atom is -0.350 e. The van der Waals surface area contributed by atoms with Gasteiger partial charge in [0.15, 0.2) is 0 Å². The first-order valence-electron chi connectivity index (χ1n) is 6.20. The van der Waals surface area contributed by atoms with Gasteiger partial charge in [-0.1, -0.05) is 12.8 Å². The molecular formula is C13H16ClFN2O. The van der Waals surface area contributed by atoms with Crippen molar-refractivity contribution in [1.82, 2.24) is 10.3 Å². The second-order valence-electron chi connectivity index (χ2n) is 4.63. The predicted molar refractivity (Wildman–Crippen MR) is 68.1 cm³/mol. The highest BCUT2D eigenvalue weighted by Crippen LogP contribution is 2.27. The Labute approximate surface area is 111 Å². The summed E-state index contributed by atoms with van der Waals surface area (Å²) in [6.45, 7) is 0.562. The van der Waals surface area contributed by atoms with E-state index in [0.717, 1.165) is 25.5 Å². The summed E-state index contributed by atoms with van der Waals surface area (Å²) in [6, 6.07) is 2.61. The molecule has 1 heterocycles. The van der Waals surface area contributed by atoms with E-state index < -0.39 is 5.82 Å². The zero-order valence-corrected chi connectivity index (χ0v) is 10.8. The molecule has 0 aliphatic heterocycles. The van der Waals surface area contributed by atoms with Crippen molar-refractivity contribution in [3.63, 3.8) is 0 Å². The highest BCUT2D eigenvalue weighted by Gasteiger charge is 2.23. The summed E-state index contributed by atoms with van der Waals surface area (Å²) >= 11 is 6.22. The summed E-state index contributed by atoms with van der Waals surface area (Å²) in [7, 11) is 0. The fraction of sp³-hybridized carbons (Fsp3) is 0.538. The topological polar surface area (TPSA) is 42.0 Å². The SMILES string of the molecule is O=C(NCC1CCCCC1Cl)c1ccc(F)cn1. The van der Waals surface area contributed by atoms with Gasteiger partial charge in [0.1, 0.15) is 11.5 Å². The number of nitrogens with one attached hydrogen (secondary N) is 1. The van der Waals surface area contributed by atoms with Crippen LogP contribution in [0.3, 0.4) is 0 Å². The molecular weight excluding hydrogens is 255 g/mol. The quantitative estimate of drug-likeness (QED) is 0.858. The lowest BCUT2D eigenvalue weighted by molar-refractivity contribution is 0.0939. The van der Waals surface area contributed by atoms with Gasteiger partial charge < -0.3 is 5.32 Å². The van der Waals surface area contributed by atoms with Crippen molar-refractivity contribution >= 4 is 17.5 Å². The summed E-state index contributed by atoms with van der Waals surface area (Å²) in [6.07, 6.45) is 5.43. The Morgan fingerprint density at radius 3 is 2.89 bits per heavy atom. The average molecular weight is 271 g/mol. The van der Waals surface area contributed by atoms with Crippen LogP contribution in [-0.4, -0.2) is 22.8 Å². The van der Waals surface area contributed by atoms with Gasteiger partial charge in [-0.15, -0.1) is 11.6 Å². The summed E-state index contributed by atoms with van der Waals surface area (Å²) in [4.78, 5) is 15.5. The maximum Gasteiger partial charge on any atom is 0.269 e. The van der Waals surface area contributed by atoms with Crippen LogP contribution in [-0.2, 0) is 0 Å². The Morgan fingerprint density at radius 1 is 1.44 bits per heavy atom. The summed E-state index contributed by atoms with van der Waals surface area (Å²) in [5, 5.41) is 2.95. The lowest BCUT2D eigenvalue weighted by Crippen LogP contribution is -2.35. The molecule has 1 saturated carbocycles. The Balaban J connectivity index is 1.86. The number of aromatic nitrogens is 1. The number of alkyl halides is 1. The fourth-order valence-electron chi connectivity index (χ4n) is 2.22. The van der Waals surface area contributed by atoms with Crippen molar-refractivity contribution in [3.05, 3.63) is 29.8 Å². The van der Waals surface area contributed by atoms with Crippen LogP contribution in [0.1, 0.15) is 36.2 Å². The van der Waals surface area contributed by atoms with Gasteiger partial charge in [-0.3, -0.25) is 4.79 Å². The van der Waals surface area contributed by atoms with Crippen molar-refractivity contribution in [2.24, 2.45) is 5.92 Å². The van der Waals surface area contributed by atoms with Gasteiger partial charge in [0.25, 0.3) is 5.91 Å². The zero-order valence-electron chi connectivity index (χ0n) is 10.0. The van der Waals surface area contributed by atoms with Crippen molar-refractivity contribution in [3.8, 4) is 0 Å². The van der Waals surface area contributed by atoms with Crippen molar-refractivity contribution < 1.29 is 9.18 Å². The number of halogens is 2. The van der Waals surface area contributed by atoms with Crippen LogP contribution in [0.25, 0.3) is 0 Å². The Hall–Kier alpha value is -1.16. The minimum absolute atomic E-state index is 0.139. The van der Waals surface area contributed by atoms with Crippen LogP contribution in [0, 0.1) is 11.7 Å². The van der Waals surface area contributed by atoms with Gasteiger partial charge >= 0.3 is 0 Å². The lowest BCUT2D eigenvalue weighted by atomic mass is 9.89. The van der Waals surface area contributed by atoms with Crippen LogP contribution in [0.15, 0.2) is 18.3 Å². The third-order valence-electron chi connectivity index (χ3n) is 3.30. The first kappa shape index (κ1) is 13.3. The molecule has 1 N–H and O–H groups in total. The number of pyridine rings is 1. The Bertz CT molecular complexity index is 410. The molecule has 98 valence electrons. The molecule has 1 aromatic rings. The Morgan fingerprint density at radius 2 is 2.22 bits per heavy atom. The fourth-order valence-corrected chi connectivity index (χ4v) is 2.59. The number of hydrogen-bond acceptors (Lipinski definition) is 2. The van der Waals surface area contributed by atoms with Crippen LogP contribution < -0.4 is 5.32 Å². The molecule has 2 rings (SSSR count). The smallest absolute Gasteiger partial charge is 0.269 e. The molecule has 0 bridgehead atoms. The first-order valence-corrected chi connectivity index (χ1v) is 6.64. The summed E-state index contributed by atoms with van der Waals surface area (Å²) in [5.41, 5.74) is 0.235. The third-order valence-corrected chi connectivity index (χ3v) is 3.88. The number of carbonyl (C=O) groups excluding carboxylic acids is 1. The molecule has 2 unspecified atom stereocenters. The monoisotopic (exact) mass is 270 g/mol. The maximum atomic E-state index is 12.7. The highest BCUT2D eigenvalue weighted by molar-refractivity contribution is 6.20. The molecule has 0 spiro atoms. The van der Waals surface area contributed by atoms with Crippen LogP contribution in [0.5, 0.6) is 0 Å². The molecule has 2 atom stereocenters. The van der Waals surface area contributed by atoms with Gasteiger partial charge in [0.2, 0.25) is 0 Å². The van der Waals surface area contributed by atoms with Crippen molar-refractivity contribution in [2.75, 3.05) is 6.54 Å². The van der Waals surface area contributed by atoms with E-state index in [2.05, 4.69) is 10.3 Å². The molecule has 1 fully saturated rings. The number of amides is 1. The van der Waals surface area contributed by atoms with E-state index >= 15 is 0 Å². The normalized spacial score (nSPS) is 23.7. The van der Waals surface area contributed by atoms with Gasteiger partial charge in [-0.2, -0.15) is 0 Å². The standard InChI is InChI=1S/C13H16ClFN2O/c14-11-4-2-1-3-9(11)7-17-13(18)12-6-5-10(15)8-16-12/h5-6,8-9,11H,1-4,7H2,(H,17,18). The molecule has 1 aromatic heterocycles. The first-order chi connectivity index (χ1) is 8.66. The molecule has 5 heteroatoms. The van der Waals surface area contributed by atoms with Crippen LogP contribution in [0.4, 0.5) is 4.39 Å². The number of rotatable bonds is 3. The van der Waals surface area contributed by atoms with E-state index in [-0.39, 0.29) is 17.0 Å². The molecule has 0 radical (unpaired) electrons. The molecule has 1 amide bonds. The van der Waals surface area contributed by atoms with Gasteiger partial charge in [0.05, 0.1) is 6.20 Å².